The fourth-order valence-electron chi connectivity index (χ4n) is 2.23. The van der Waals surface area contributed by atoms with E-state index in [2.05, 4.69) is 17.9 Å². The van der Waals surface area contributed by atoms with E-state index in [1.54, 1.807) is 0 Å². The van der Waals surface area contributed by atoms with Crippen LogP contribution in [0.15, 0.2) is 0 Å². The second kappa shape index (κ2) is 14.0. The van der Waals surface area contributed by atoms with Gasteiger partial charge in [-0.25, -0.2) is 0 Å². The molecule has 0 aliphatic carbocycles. The van der Waals surface area contributed by atoms with Crippen LogP contribution in [0.25, 0.3) is 0 Å². The van der Waals surface area contributed by atoms with Gasteiger partial charge in [0, 0.05) is 12.7 Å². The van der Waals surface area contributed by atoms with Crippen LogP contribution < -0.4 is 5.32 Å². The highest BCUT2D eigenvalue weighted by molar-refractivity contribution is 8.11. The largest absolute Gasteiger partial charge is 0.371 e. The van der Waals surface area contributed by atoms with Gasteiger partial charge in [0.1, 0.15) is 4.32 Å². The lowest BCUT2D eigenvalue weighted by Crippen LogP contribution is -2.17. The van der Waals surface area contributed by atoms with E-state index in [-0.39, 0.29) is 6.16 Å². The van der Waals surface area contributed by atoms with E-state index in [0.29, 0.717) is 10.7 Å². The second-order valence-corrected chi connectivity index (χ2v) is 8.44. The van der Waals surface area contributed by atoms with Crippen molar-refractivity contribution in [2.45, 2.75) is 70.6 Å². The first kappa shape index (κ1) is 21.4. The molecule has 0 spiro atoms. The molecule has 0 radical (unpaired) electrons. The van der Waals surface area contributed by atoms with E-state index in [1.807, 2.05) is 0 Å². The minimum absolute atomic E-state index is 0.0415. The molecule has 4 nitrogen and oxygen atoms in total. The van der Waals surface area contributed by atoms with Crippen molar-refractivity contribution in [2.24, 2.45) is 0 Å². The fraction of sp³-hybridized carbons (Fsp3) is 0.929. The SMILES string of the molecule is O=P(O)(O)CCCCCCCCCCCCCNC(=S)S. The standard InChI is InChI=1S/C14H30NO3PS2/c16-19(17,18)13-11-9-7-5-3-1-2-4-6-8-10-12-15-14(20)21/h1-13H2,(H2,15,20,21)(H2,16,17,18). The lowest BCUT2D eigenvalue weighted by molar-refractivity contribution is 0.370. The zero-order chi connectivity index (χ0) is 16.0. The van der Waals surface area contributed by atoms with E-state index in [9.17, 15) is 4.57 Å². The third-order valence-electron chi connectivity index (χ3n) is 3.40. The van der Waals surface area contributed by atoms with Crippen LogP contribution in [0.4, 0.5) is 0 Å². The van der Waals surface area contributed by atoms with Crippen molar-refractivity contribution in [3.8, 4) is 0 Å². The molecule has 0 aliphatic rings. The molecule has 7 heteroatoms. The van der Waals surface area contributed by atoms with Crippen LogP contribution >= 0.6 is 32.4 Å². The first-order chi connectivity index (χ1) is 9.92. The van der Waals surface area contributed by atoms with Crippen molar-refractivity contribution in [3.63, 3.8) is 0 Å². The smallest absolute Gasteiger partial charge is 0.325 e. The normalized spacial score (nSPS) is 11.6. The average Bonchev–Trinajstić information content (AvgIpc) is 2.37. The Morgan fingerprint density at radius 3 is 1.62 bits per heavy atom. The molecule has 0 aromatic heterocycles. The Bertz CT molecular complexity index is 311. The maximum Gasteiger partial charge on any atom is 0.325 e. The molecule has 3 N–H and O–H groups in total. The van der Waals surface area contributed by atoms with Crippen molar-refractivity contribution in [1.29, 1.82) is 0 Å². The van der Waals surface area contributed by atoms with E-state index in [1.165, 1.54) is 44.9 Å². The van der Waals surface area contributed by atoms with Crippen LogP contribution in [0, 0.1) is 0 Å². The summed E-state index contributed by atoms with van der Waals surface area (Å²) >= 11 is 8.82. The minimum Gasteiger partial charge on any atom is -0.371 e. The van der Waals surface area contributed by atoms with Crippen LogP contribution in [0.1, 0.15) is 70.6 Å². The molecule has 0 atom stereocenters. The molecule has 0 heterocycles. The first-order valence-electron chi connectivity index (χ1n) is 7.93. The summed E-state index contributed by atoms with van der Waals surface area (Å²) in [7, 11) is -3.77. The maximum absolute atomic E-state index is 10.6. The first-order valence-corrected chi connectivity index (χ1v) is 10.6. The number of thiocarbonyl (C=S) groups is 1. The zero-order valence-electron chi connectivity index (χ0n) is 12.8. The fourth-order valence-corrected chi connectivity index (χ4v) is 3.08. The molecule has 21 heavy (non-hydrogen) atoms. The van der Waals surface area contributed by atoms with Crippen molar-refractivity contribution in [2.75, 3.05) is 12.7 Å². The van der Waals surface area contributed by atoms with Crippen molar-refractivity contribution >= 4 is 36.8 Å². The molecular formula is C14H30NO3PS2. The van der Waals surface area contributed by atoms with Crippen LogP contribution in [0.5, 0.6) is 0 Å². The highest BCUT2D eigenvalue weighted by Crippen LogP contribution is 2.35. The van der Waals surface area contributed by atoms with Gasteiger partial charge in [0.25, 0.3) is 0 Å². The average molecular weight is 356 g/mol. The summed E-state index contributed by atoms with van der Waals surface area (Å²) < 4.78 is 11.2. The van der Waals surface area contributed by atoms with E-state index in [0.717, 1.165) is 25.8 Å². The number of thiol groups is 1. The molecule has 0 fully saturated rings. The molecule has 0 amide bonds. The van der Waals surface area contributed by atoms with Crippen LogP contribution in [0.2, 0.25) is 0 Å². The number of unbranched alkanes of at least 4 members (excludes halogenated alkanes) is 10. The summed E-state index contributed by atoms with van der Waals surface area (Å²) in [5, 5.41) is 3.04. The Morgan fingerprint density at radius 2 is 1.24 bits per heavy atom. The second-order valence-electron chi connectivity index (χ2n) is 5.51. The highest BCUT2D eigenvalue weighted by atomic mass is 32.1. The molecule has 126 valence electrons. The molecule has 0 saturated heterocycles. The van der Waals surface area contributed by atoms with E-state index in [4.69, 9.17) is 22.0 Å². The van der Waals surface area contributed by atoms with E-state index < -0.39 is 7.60 Å². The molecule has 0 unspecified atom stereocenters. The summed E-state index contributed by atoms with van der Waals surface area (Å²) in [4.78, 5) is 17.4. The predicted molar refractivity (Wildman–Crippen MR) is 97.3 cm³/mol. The van der Waals surface area contributed by atoms with Gasteiger partial charge >= 0.3 is 7.60 Å². The number of hydrogen-bond donors (Lipinski definition) is 4. The number of nitrogens with one attached hydrogen (secondary N) is 1. The molecule has 0 aromatic rings. The Morgan fingerprint density at radius 1 is 0.857 bits per heavy atom. The van der Waals surface area contributed by atoms with Gasteiger partial charge < -0.3 is 15.1 Å². The van der Waals surface area contributed by atoms with Crippen molar-refractivity contribution < 1.29 is 14.4 Å². The van der Waals surface area contributed by atoms with Gasteiger partial charge in [-0.1, -0.05) is 70.0 Å². The van der Waals surface area contributed by atoms with Gasteiger partial charge in [-0.15, -0.1) is 12.6 Å². The maximum atomic E-state index is 10.6. The third kappa shape index (κ3) is 20.4. The van der Waals surface area contributed by atoms with Gasteiger partial charge in [0.15, 0.2) is 0 Å². The molecule has 0 aromatic carbocycles. The van der Waals surface area contributed by atoms with Gasteiger partial charge in [-0.05, 0) is 12.8 Å². The van der Waals surface area contributed by atoms with Crippen LogP contribution in [-0.2, 0) is 4.57 Å². The Labute approximate surface area is 140 Å². The molecular weight excluding hydrogens is 325 g/mol. The van der Waals surface area contributed by atoms with Gasteiger partial charge in [0.2, 0.25) is 0 Å². The topological polar surface area (TPSA) is 69.6 Å². The van der Waals surface area contributed by atoms with Gasteiger partial charge in [-0.2, -0.15) is 0 Å². The summed E-state index contributed by atoms with van der Waals surface area (Å²) in [6.45, 7) is 0.928. The van der Waals surface area contributed by atoms with Crippen LogP contribution in [-0.4, -0.2) is 26.8 Å². The van der Waals surface area contributed by atoms with Crippen LogP contribution in [0.3, 0.4) is 0 Å². The molecule has 0 saturated carbocycles. The lowest BCUT2D eigenvalue weighted by atomic mass is 10.1. The summed E-state index contributed by atoms with van der Waals surface area (Å²) in [6, 6.07) is 0. The zero-order valence-corrected chi connectivity index (χ0v) is 15.4. The van der Waals surface area contributed by atoms with E-state index >= 15 is 0 Å². The van der Waals surface area contributed by atoms with Crippen molar-refractivity contribution in [1.82, 2.24) is 5.32 Å². The predicted octanol–water partition coefficient (Wildman–Crippen LogP) is 4.26. The number of rotatable bonds is 14. The minimum atomic E-state index is -3.77. The number of hydrogen-bond acceptors (Lipinski definition) is 2. The highest BCUT2D eigenvalue weighted by Gasteiger charge is 2.10. The van der Waals surface area contributed by atoms with Gasteiger partial charge in [-0.3, -0.25) is 4.57 Å². The van der Waals surface area contributed by atoms with Crippen molar-refractivity contribution in [3.05, 3.63) is 0 Å². The lowest BCUT2D eigenvalue weighted by Gasteiger charge is -2.05. The summed E-state index contributed by atoms with van der Waals surface area (Å²) in [5.41, 5.74) is 0. The Balaban J connectivity index is 3.06. The molecule has 0 aliphatic heterocycles. The van der Waals surface area contributed by atoms with Gasteiger partial charge in [0.05, 0.1) is 0 Å². The Kier molecular flexibility index (Phi) is 14.3. The Hall–Kier alpha value is 0.390. The third-order valence-corrected chi connectivity index (χ3v) is 4.60. The summed E-state index contributed by atoms with van der Waals surface area (Å²) in [6.07, 6.45) is 12.7. The summed E-state index contributed by atoms with van der Waals surface area (Å²) in [5.74, 6) is 0. The quantitative estimate of drug-likeness (QED) is 0.162. The molecule has 0 rings (SSSR count). The molecule has 0 bridgehead atoms. The monoisotopic (exact) mass is 355 g/mol.